The number of hydrogen-bond donors (Lipinski definition) is 0. The number of likely N-dealkylation sites (N-methyl/N-ethyl adjacent to an activating group) is 1. The number of piperazine rings is 1. The van der Waals surface area contributed by atoms with E-state index in [2.05, 4.69) is 51.5 Å². The van der Waals surface area contributed by atoms with Gasteiger partial charge in [0.15, 0.2) is 0 Å². The van der Waals surface area contributed by atoms with Crippen LogP contribution in [-0.4, -0.2) is 42.0 Å². The molecule has 0 aromatic carbocycles. The Labute approximate surface area is 88.6 Å². The van der Waals surface area contributed by atoms with Crippen molar-refractivity contribution in [2.75, 3.05) is 20.1 Å². The number of allylic oxidation sites excluding steroid dienone is 1. The van der Waals surface area contributed by atoms with Gasteiger partial charge in [0.25, 0.3) is 0 Å². The van der Waals surface area contributed by atoms with E-state index in [1.807, 2.05) is 0 Å². The summed E-state index contributed by atoms with van der Waals surface area (Å²) in [7, 11) is 2.21. The van der Waals surface area contributed by atoms with Crippen LogP contribution in [-0.2, 0) is 0 Å². The molecule has 14 heavy (non-hydrogen) atoms. The van der Waals surface area contributed by atoms with Crippen molar-refractivity contribution in [2.24, 2.45) is 0 Å². The third kappa shape index (κ3) is 2.11. The van der Waals surface area contributed by atoms with Crippen LogP contribution < -0.4 is 0 Å². The maximum atomic E-state index is 2.54. The standard InChI is InChI=1S/C12H24N2/c1-9(2)12-11(5)13(6)7-8-14(12)10(3)4/h10-11H,7-8H2,1-6H3. The van der Waals surface area contributed by atoms with E-state index in [0.29, 0.717) is 12.1 Å². The molecule has 0 spiro atoms. The summed E-state index contributed by atoms with van der Waals surface area (Å²) in [6.07, 6.45) is 0. The third-order valence-electron chi connectivity index (χ3n) is 3.20. The van der Waals surface area contributed by atoms with Gasteiger partial charge in [0.1, 0.15) is 0 Å². The molecule has 0 aliphatic carbocycles. The first-order valence-corrected chi connectivity index (χ1v) is 5.59. The molecular formula is C12H24N2. The van der Waals surface area contributed by atoms with Crippen molar-refractivity contribution in [2.45, 2.75) is 46.7 Å². The van der Waals surface area contributed by atoms with Gasteiger partial charge in [-0.3, -0.25) is 4.90 Å². The summed E-state index contributed by atoms with van der Waals surface area (Å²) >= 11 is 0. The molecule has 2 heteroatoms. The molecule has 0 amide bonds. The molecule has 0 bridgehead atoms. The molecule has 1 heterocycles. The van der Waals surface area contributed by atoms with Crippen molar-refractivity contribution in [1.82, 2.24) is 9.80 Å². The summed E-state index contributed by atoms with van der Waals surface area (Å²) in [5, 5.41) is 0. The van der Waals surface area contributed by atoms with Crippen molar-refractivity contribution >= 4 is 0 Å². The molecule has 1 fully saturated rings. The first-order valence-electron chi connectivity index (χ1n) is 5.59. The summed E-state index contributed by atoms with van der Waals surface area (Å²) in [6, 6.07) is 1.19. The second-order valence-corrected chi connectivity index (χ2v) is 4.83. The molecule has 1 aliphatic heterocycles. The summed E-state index contributed by atoms with van der Waals surface area (Å²) in [4.78, 5) is 4.97. The van der Waals surface area contributed by atoms with Gasteiger partial charge in [-0.15, -0.1) is 0 Å². The Kier molecular flexibility index (Phi) is 3.59. The number of hydrogen-bond acceptors (Lipinski definition) is 2. The van der Waals surface area contributed by atoms with Gasteiger partial charge in [0, 0.05) is 30.9 Å². The summed E-state index contributed by atoms with van der Waals surface area (Å²) in [5.41, 5.74) is 2.98. The van der Waals surface area contributed by atoms with Crippen molar-refractivity contribution in [3.63, 3.8) is 0 Å². The van der Waals surface area contributed by atoms with Gasteiger partial charge in [-0.25, -0.2) is 0 Å². The van der Waals surface area contributed by atoms with Crippen LogP contribution in [0.2, 0.25) is 0 Å². The Morgan fingerprint density at radius 3 is 2.29 bits per heavy atom. The maximum absolute atomic E-state index is 2.54. The minimum Gasteiger partial charge on any atom is -0.370 e. The van der Waals surface area contributed by atoms with Gasteiger partial charge in [0.2, 0.25) is 0 Å². The lowest BCUT2D eigenvalue weighted by Crippen LogP contribution is -2.50. The Hall–Kier alpha value is -0.500. The quantitative estimate of drug-likeness (QED) is 0.635. The van der Waals surface area contributed by atoms with E-state index < -0.39 is 0 Å². The molecule has 1 rings (SSSR count). The lowest BCUT2D eigenvalue weighted by molar-refractivity contribution is 0.130. The second kappa shape index (κ2) is 4.35. The smallest absolute Gasteiger partial charge is 0.0466 e. The normalized spacial score (nSPS) is 24.6. The Morgan fingerprint density at radius 1 is 1.29 bits per heavy atom. The highest BCUT2D eigenvalue weighted by Crippen LogP contribution is 2.24. The molecule has 1 unspecified atom stereocenters. The molecule has 0 radical (unpaired) electrons. The van der Waals surface area contributed by atoms with Crippen LogP contribution in [0, 0.1) is 0 Å². The van der Waals surface area contributed by atoms with Crippen molar-refractivity contribution in [1.29, 1.82) is 0 Å². The third-order valence-corrected chi connectivity index (χ3v) is 3.20. The zero-order valence-corrected chi connectivity index (χ0v) is 10.5. The Balaban J connectivity index is 2.95. The van der Waals surface area contributed by atoms with E-state index in [4.69, 9.17) is 0 Å². The molecule has 2 nitrogen and oxygen atoms in total. The van der Waals surface area contributed by atoms with Crippen LogP contribution in [0.1, 0.15) is 34.6 Å². The zero-order chi connectivity index (χ0) is 10.9. The highest BCUT2D eigenvalue weighted by atomic mass is 15.3. The topological polar surface area (TPSA) is 6.48 Å². The summed E-state index contributed by atoms with van der Waals surface area (Å²) in [6.45, 7) is 13.6. The van der Waals surface area contributed by atoms with E-state index >= 15 is 0 Å². The molecule has 0 aromatic rings. The van der Waals surface area contributed by atoms with Gasteiger partial charge in [0.05, 0.1) is 0 Å². The fraction of sp³-hybridized carbons (Fsp3) is 0.833. The summed E-state index contributed by atoms with van der Waals surface area (Å²) < 4.78 is 0. The van der Waals surface area contributed by atoms with Crippen molar-refractivity contribution < 1.29 is 0 Å². The van der Waals surface area contributed by atoms with E-state index in [1.165, 1.54) is 24.4 Å². The first kappa shape index (κ1) is 11.6. The average Bonchev–Trinajstić information content (AvgIpc) is 2.08. The molecule has 0 N–H and O–H groups in total. The Morgan fingerprint density at radius 2 is 1.86 bits per heavy atom. The first-order chi connectivity index (χ1) is 6.45. The molecule has 1 aliphatic rings. The molecule has 0 aromatic heterocycles. The van der Waals surface area contributed by atoms with Gasteiger partial charge >= 0.3 is 0 Å². The van der Waals surface area contributed by atoms with Crippen LogP contribution in [0.25, 0.3) is 0 Å². The number of rotatable bonds is 1. The van der Waals surface area contributed by atoms with Crippen LogP contribution in [0.5, 0.6) is 0 Å². The predicted molar refractivity (Wildman–Crippen MR) is 62.3 cm³/mol. The van der Waals surface area contributed by atoms with Crippen LogP contribution >= 0.6 is 0 Å². The largest absolute Gasteiger partial charge is 0.370 e. The Bertz CT molecular complexity index is 226. The fourth-order valence-corrected chi connectivity index (χ4v) is 2.27. The average molecular weight is 196 g/mol. The van der Waals surface area contributed by atoms with Gasteiger partial charge in [-0.2, -0.15) is 0 Å². The molecular weight excluding hydrogens is 172 g/mol. The van der Waals surface area contributed by atoms with E-state index in [-0.39, 0.29) is 0 Å². The highest BCUT2D eigenvalue weighted by Gasteiger charge is 2.27. The predicted octanol–water partition coefficient (Wildman–Crippen LogP) is 2.32. The lowest BCUT2D eigenvalue weighted by atomic mass is 10.0. The molecule has 0 saturated carbocycles. The van der Waals surface area contributed by atoms with Gasteiger partial charge in [-0.1, -0.05) is 5.57 Å². The lowest BCUT2D eigenvalue weighted by Gasteiger charge is -2.44. The second-order valence-electron chi connectivity index (χ2n) is 4.83. The van der Waals surface area contributed by atoms with Crippen LogP contribution in [0.15, 0.2) is 11.3 Å². The molecule has 1 atom stereocenters. The maximum Gasteiger partial charge on any atom is 0.0466 e. The SMILES string of the molecule is CC(C)=C1C(C)N(C)CCN1C(C)C. The minimum absolute atomic E-state index is 0.566. The van der Waals surface area contributed by atoms with Gasteiger partial charge < -0.3 is 4.90 Å². The summed E-state index contributed by atoms with van der Waals surface area (Å²) in [5.74, 6) is 0. The van der Waals surface area contributed by atoms with Crippen LogP contribution in [0.3, 0.4) is 0 Å². The molecule has 1 saturated heterocycles. The van der Waals surface area contributed by atoms with Crippen molar-refractivity contribution in [3.05, 3.63) is 11.3 Å². The fourth-order valence-electron chi connectivity index (χ4n) is 2.27. The van der Waals surface area contributed by atoms with E-state index in [1.54, 1.807) is 0 Å². The van der Waals surface area contributed by atoms with E-state index in [0.717, 1.165) is 0 Å². The molecule has 82 valence electrons. The van der Waals surface area contributed by atoms with Crippen LogP contribution in [0.4, 0.5) is 0 Å². The van der Waals surface area contributed by atoms with E-state index in [9.17, 15) is 0 Å². The monoisotopic (exact) mass is 196 g/mol. The zero-order valence-electron chi connectivity index (χ0n) is 10.5. The highest BCUT2D eigenvalue weighted by molar-refractivity contribution is 5.18. The van der Waals surface area contributed by atoms with Crippen molar-refractivity contribution in [3.8, 4) is 0 Å². The van der Waals surface area contributed by atoms with Gasteiger partial charge in [-0.05, 0) is 41.7 Å². The minimum atomic E-state index is 0.566. The number of nitrogens with zero attached hydrogens (tertiary/aromatic N) is 2.